The first-order chi connectivity index (χ1) is 29.6. The van der Waals surface area contributed by atoms with Crippen LogP contribution >= 0.6 is 0 Å². The lowest BCUT2D eigenvalue weighted by atomic mass is 9.82. The monoisotopic (exact) mass is 878 g/mol. The fourth-order valence-corrected chi connectivity index (χ4v) is 7.25. The smallest absolute Gasteiger partial charge is 0.333 e. The van der Waals surface area contributed by atoms with Crippen molar-refractivity contribution in [1.82, 2.24) is 30.5 Å². The normalized spacial score (nSPS) is 14.7. The van der Waals surface area contributed by atoms with Crippen molar-refractivity contribution in [2.75, 3.05) is 6.54 Å². The number of hydroxylamine groups is 2. The first-order valence-electron chi connectivity index (χ1n) is 20.7. The molecule has 4 N–H and O–H groups in total. The third-order valence-electron chi connectivity index (χ3n) is 10.5. The van der Waals surface area contributed by atoms with Gasteiger partial charge in [0, 0.05) is 68.7 Å². The number of halogens is 2. The first kappa shape index (κ1) is 49.2. The summed E-state index contributed by atoms with van der Waals surface area (Å²) >= 11 is 0. The van der Waals surface area contributed by atoms with Gasteiger partial charge in [-0.25, -0.2) is 18.4 Å². The van der Waals surface area contributed by atoms with Crippen LogP contribution in [0.2, 0.25) is 0 Å². The molecule has 0 radical (unpaired) electrons. The van der Waals surface area contributed by atoms with Gasteiger partial charge in [0.2, 0.25) is 23.6 Å². The fourth-order valence-electron chi connectivity index (χ4n) is 7.25. The highest BCUT2D eigenvalue weighted by Gasteiger charge is 2.38. The Bertz CT molecular complexity index is 2170. The number of aromatic nitrogens is 1. The Balaban J connectivity index is 1.44. The highest BCUT2D eigenvalue weighted by atomic mass is 19.1. The molecule has 1 aliphatic heterocycles. The van der Waals surface area contributed by atoms with Crippen molar-refractivity contribution in [2.45, 2.75) is 118 Å². The quantitative estimate of drug-likeness (QED) is 0.114. The molecule has 4 atom stereocenters. The number of carbonyl (C=O) groups excluding carboxylic acids is 7. The van der Waals surface area contributed by atoms with Crippen molar-refractivity contribution in [2.24, 2.45) is 11.3 Å². The van der Waals surface area contributed by atoms with Crippen molar-refractivity contribution in [3.63, 3.8) is 0 Å². The minimum Gasteiger partial charge on any atom is -0.480 e. The molecule has 4 rings (SSSR count). The fraction of sp³-hybridized carbons (Fsp3) is 0.467. The SMILES string of the molecule is CC(=O)N(CC[C@H](NC(=O)[C@H](C)NC(=O)[C@@H](NC(=O)CCCC(=O)ON1C(=O)CCC1=O)C(C)C)C(=O)O)[C@@H](c1cc(-c2cc(F)ccc2F)cn1Cc1ccccc1)C(C)(C)C. The average Bonchev–Trinajstić information content (AvgIpc) is 3.75. The second kappa shape index (κ2) is 21.6. The standard InChI is InChI=1S/C45H56F2N6O10/c1-26(2)40(50-36(55)14-11-15-39(58)63-53-37(56)18-19-38(53)57)43(60)48-27(3)42(59)49-34(44(61)62)20-21-52(28(4)54)41(45(5,6)7)35-22-30(32-23-31(46)16-17-33(32)47)25-51(35)24-29-12-9-8-10-13-29/h8-10,12-13,16-17,22-23,25-27,34,40-41H,11,14-15,18-21,24H2,1-7H3,(H,48,60)(H,49,59)(H,50,55)(H,61,62)/t27-,34-,40-,41-/m0/s1. The number of nitrogens with one attached hydrogen (secondary N) is 3. The highest BCUT2D eigenvalue weighted by Crippen LogP contribution is 2.41. The first-order valence-corrected chi connectivity index (χ1v) is 20.7. The van der Waals surface area contributed by atoms with Crippen molar-refractivity contribution in [3.05, 3.63) is 83.7 Å². The second-order valence-electron chi connectivity index (χ2n) is 17.0. The summed E-state index contributed by atoms with van der Waals surface area (Å²) in [5, 5.41) is 18.1. The van der Waals surface area contributed by atoms with E-state index in [0.717, 1.165) is 23.8 Å². The molecule has 1 aromatic heterocycles. The molecule has 340 valence electrons. The number of carboxylic acids is 1. The molecule has 2 heterocycles. The number of aliphatic carboxylic acids is 1. The second-order valence-corrected chi connectivity index (χ2v) is 17.0. The summed E-state index contributed by atoms with van der Waals surface area (Å²) in [6.07, 6.45) is 0.804. The van der Waals surface area contributed by atoms with E-state index in [1.54, 1.807) is 26.1 Å². The van der Waals surface area contributed by atoms with Crippen LogP contribution in [-0.2, 0) is 49.7 Å². The van der Waals surface area contributed by atoms with Crippen molar-refractivity contribution >= 4 is 47.4 Å². The van der Waals surface area contributed by atoms with Crippen LogP contribution in [-0.4, -0.2) is 91.7 Å². The molecule has 6 amide bonds. The summed E-state index contributed by atoms with van der Waals surface area (Å²) in [4.78, 5) is 107. The van der Waals surface area contributed by atoms with Crippen LogP contribution in [0.4, 0.5) is 8.78 Å². The van der Waals surface area contributed by atoms with E-state index < -0.39 is 94.5 Å². The van der Waals surface area contributed by atoms with Crippen LogP contribution < -0.4 is 16.0 Å². The molecule has 0 saturated carbocycles. The molecule has 1 fully saturated rings. The van der Waals surface area contributed by atoms with E-state index in [4.69, 9.17) is 4.84 Å². The van der Waals surface area contributed by atoms with Crippen LogP contribution in [0.25, 0.3) is 11.1 Å². The van der Waals surface area contributed by atoms with Gasteiger partial charge in [-0.3, -0.25) is 28.8 Å². The van der Waals surface area contributed by atoms with Crippen molar-refractivity contribution < 1.29 is 57.1 Å². The zero-order chi connectivity index (χ0) is 46.8. The summed E-state index contributed by atoms with van der Waals surface area (Å²) in [6.45, 7) is 11.8. The molecule has 1 saturated heterocycles. The molecule has 63 heavy (non-hydrogen) atoms. The molecule has 0 bridgehead atoms. The lowest BCUT2D eigenvalue weighted by Crippen LogP contribution is -2.56. The lowest BCUT2D eigenvalue weighted by molar-refractivity contribution is -0.197. The Morgan fingerprint density at radius 2 is 1.52 bits per heavy atom. The zero-order valence-corrected chi connectivity index (χ0v) is 36.5. The van der Waals surface area contributed by atoms with Gasteiger partial charge in [-0.2, -0.15) is 0 Å². The van der Waals surface area contributed by atoms with E-state index >= 15 is 4.39 Å². The topological polar surface area (TPSA) is 214 Å². The van der Waals surface area contributed by atoms with Gasteiger partial charge in [-0.05, 0) is 60.9 Å². The largest absolute Gasteiger partial charge is 0.480 e. The van der Waals surface area contributed by atoms with Crippen LogP contribution in [0.5, 0.6) is 0 Å². The van der Waals surface area contributed by atoms with E-state index in [1.165, 1.54) is 18.7 Å². The number of rotatable bonds is 20. The third-order valence-corrected chi connectivity index (χ3v) is 10.5. The molecular formula is C45H56F2N6O10. The van der Waals surface area contributed by atoms with E-state index in [9.17, 15) is 47.9 Å². The average molecular weight is 879 g/mol. The van der Waals surface area contributed by atoms with Crippen LogP contribution in [0.1, 0.15) is 104 Å². The number of nitrogens with zero attached hydrogens (tertiary/aromatic N) is 3. The molecule has 16 nitrogen and oxygen atoms in total. The van der Waals surface area contributed by atoms with Gasteiger partial charge in [-0.1, -0.05) is 65.0 Å². The van der Waals surface area contributed by atoms with E-state index in [1.807, 2.05) is 55.7 Å². The van der Waals surface area contributed by atoms with Gasteiger partial charge < -0.3 is 35.4 Å². The van der Waals surface area contributed by atoms with Crippen LogP contribution in [0.3, 0.4) is 0 Å². The van der Waals surface area contributed by atoms with E-state index in [-0.39, 0.29) is 50.6 Å². The minimum atomic E-state index is -1.51. The zero-order valence-electron chi connectivity index (χ0n) is 36.5. The summed E-state index contributed by atoms with van der Waals surface area (Å²) in [7, 11) is 0. The Kier molecular flexibility index (Phi) is 16.8. The Morgan fingerprint density at radius 1 is 0.873 bits per heavy atom. The number of hydrogen-bond acceptors (Lipinski definition) is 9. The molecule has 18 heteroatoms. The van der Waals surface area contributed by atoms with Gasteiger partial charge in [0.15, 0.2) is 0 Å². The predicted molar refractivity (Wildman–Crippen MR) is 224 cm³/mol. The maximum Gasteiger partial charge on any atom is 0.333 e. The number of imide groups is 1. The number of hydrogen-bond donors (Lipinski definition) is 4. The Labute approximate surface area is 364 Å². The maximum absolute atomic E-state index is 15.1. The number of benzene rings is 2. The van der Waals surface area contributed by atoms with E-state index in [2.05, 4.69) is 16.0 Å². The van der Waals surface area contributed by atoms with Crippen LogP contribution in [0, 0.1) is 23.0 Å². The van der Waals surface area contributed by atoms with Gasteiger partial charge in [0.05, 0.1) is 6.04 Å². The minimum absolute atomic E-state index is 0.0172. The van der Waals surface area contributed by atoms with Crippen molar-refractivity contribution in [3.8, 4) is 11.1 Å². The van der Waals surface area contributed by atoms with Gasteiger partial charge in [-0.15, -0.1) is 5.06 Å². The third kappa shape index (κ3) is 13.5. The Morgan fingerprint density at radius 3 is 2.11 bits per heavy atom. The predicted octanol–water partition coefficient (Wildman–Crippen LogP) is 4.80. The summed E-state index contributed by atoms with van der Waals surface area (Å²) < 4.78 is 31.3. The highest BCUT2D eigenvalue weighted by molar-refractivity contribution is 6.01. The van der Waals surface area contributed by atoms with Gasteiger partial charge in [0.1, 0.15) is 29.8 Å². The molecule has 0 aliphatic carbocycles. The summed E-state index contributed by atoms with van der Waals surface area (Å²) in [5.41, 5.74) is 1.18. The number of amides is 6. The van der Waals surface area contributed by atoms with Crippen molar-refractivity contribution in [1.29, 1.82) is 0 Å². The maximum atomic E-state index is 15.1. The molecular weight excluding hydrogens is 823 g/mol. The molecule has 0 unspecified atom stereocenters. The van der Waals surface area contributed by atoms with Gasteiger partial charge >= 0.3 is 11.9 Å². The number of carbonyl (C=O) groups is 8. The summed E-state index contributed by atoms with van der Waals surface area (Å²) in [6, 6.07) is 9.62. The Hall–Kier alpha value is -6.46. The molecule has 3 aromatic rings. The summed E-state index contributed by atoms with van der Waals surface area (Å²) in [5.74, 6) is -7.87. The number of carboxylic acid groups (broad SMARTS) is 1. The molecule has 0 spiro atoms. The van der Waals surface area contributed by atoms with Gasteiger partial charge in [0.25, 0.3) is 11.8 Å². The van der Waals surface area contributed by atoms with Crippen LogP contribution in [0.15, 0.2) is 60.8 Å². The molecule has 1 aliphatic rings. The lowest BCUT2D eigenvalue weighted by Gasteiger charge is -2.41. The van der Waals surface area contributed by atoms with E-state index in [0.29, 0.717) is 22.9 Å². The molecule has 2 aromatic carbocycles.